The smallest absolute Gasteiger partial charge is 0.150 e. The standard InChI is InChI=1S/C16H23NO2S/c1-12-2-4-13(5-3-12)14-10-16(11-14)17-15-6-8-20(18,19)9-7-15/h2-5,14-17H,6-11H2,1H3. The predicted molar refractivity (Wildman–Crippen MR) is 81.8 cm³/mol. The van der Waals surface area contributed by atoms with E-state index in [1.54, 1.807) is 0 Å². The van der Waals surface area contributed by atoms with Crippen LogP contribution in [0, 0.1) is 6.92 Å². The van der Waals surface area contributed by atoms with Crippen molar-refractivity contribution in [1.82, 2.24) is 5.32 Å². The lowest BCUT2D eigenvalue weighted by Crippen LogP contribution is -2.48. The lowest BCUT2D eigenvalue weighted by atomic mass is 9.75. The van der Waals surface area contributed by atoms with Gasteiger partial charge in [0.25, 0.3) is 0 Å². The fourth-order valence-electron chi connectivity index (χ4n) is 3.25. The van der Waals surface area contributed by atoms with Gasteiger partial charge < -0.3 is 5.32 Å². The van der Waals surface area contributed by atoms with Gasteiger partial charge >= 0.3 is 0 Å². The zero-order chi connectivity index (χ0) is 14.2. The van der Waals surface area contributed by atoms with E-state index in [0.29, 0.717) is 29.5 Å². The molecule has 1 aliphatic carbocycles. The monoisotopic (exact) mass is 293 g/mol. The van der Waals surface area contributed by atoms with Gasteiger partial charge in [0.2, 0.25) is 0 Å². The molecule has 0 aromatic heterocycles. The summed E-state index contributed by atoms with van der Waals surface area (Å²) in [6.45, 7) is 2.12. The summed E-state index contributed by atoms with van der Waals surface area (Å²) in [5, 5.41) is 3.64. The molecule has 1 saturated carbocycles. The van der Waals surface area contributed by atoms with Gasteiger partial charge in [0.15, 0.2) is 0 Å². The lowest BCUT2D eigenvalue weighted by Gasteiger charge is -2.39. The Kier molecular flexibility index (Phi) is 3.87. The molecule has 0 atom stereocenters. The maximum absolute atomic E-state index is 11.4. The summed E-state index contributed by atoms with van der Waals surface area (Å²) in [4.78, 5) is 0. The number of rotatable bonds is 3. The normalized spacial score (nSPS) is 29.9. The Hall–Kier alpha value is -0.870. The third kappa shape index (κ3) is 3.23. The van der Waals surface area contributed by atoms with Gasteiger partial charge in [-0.2, -0.15) is 0 Å². The molecule has 2 aliphatic rings. The predicted octanol–water partition coefficient (Wildman–Crippen LogP) is 2.41. The minimum Gasteiger partial charge on any atom is -0.311 e. The van der Waals surface area contributed by atoms with Crippen molar-refractivity contribution in [3.05, 3.63) is 35.4 Å². The summed E-state index contributed by atoms with van der Waals surface area (Å²) in [5.41, 5.74) is 2.76. The van der Waals surface area contributed by atoms with E-state index in [1.165, 1.54) is 24.0 Å². The van der Waals surface area contributed by atoms with Crippen molar-refractivity contribution in [3.63, 3.8) is 0 Å². The number of nitrogens with one attached hydrogen (secondary N) is 1. The Labute approximate surface area is 121 Å². The van der Waals surface area contributed by atoms with E-state index in [2.05, 4.69) is 36.5 Å². The minimum absolute atomic E-state index is 0.360. The highest BCUT2D eigenvalue weighted by Crippen LogP contribution is 2.37. The highest BCUT2D eigenvalue weighted by molar-refractivity contribution is 7.91. The highest BCUT2D eigenvalue weighted by atomic mass is 32.2. The van der Waals surface area contributed by atoms with Crippen molar-refractivity contribution >= 4 is 9.84 Å². The molecule has 3 rings (SSSR count). The molecule has 3 nitrogen and oxygen atoms in total. The summed E-state index contributed by atoms with van der Waals surface area (Å²) in [6, 6.07) is 9.83. The van der Waals surface area contributed by atoms with Gasteiger partial charge in [0.05, 0.1) is 11.5 Å². The van der Waals surface area contributed by atoms with Crippen LogP contribution in [0.25, 0.3) is 0 Å². The van der Waals surface area contributed by atoms with Crippen LogP contribution in [0.5, 0.6) is 0 Å². The van der Waals surface area contributed by atoms with Crippen molar-refractivity contribution in [1.29, 1.82) is 0 Å². The van der Waals surface area contributed by atoms with Gasteiger partial charge in [-0.05, 0) is 44.1 Å². The average molecular weight is 293 g/mol. The quantitative estimate of drug-likeness (QED) is 0.931. The van der Waals surface area contributed by atoms with E-state index >= 15 is 0 Å². The fourth-order valence-corrected chi connectivity index (χ4v) is 4.75. The number of hydrogen-bond acceptors (Lipinski definition) is 3. The first-order chi connectivity index (χ1) is 9.52. The van der Waals surface area contributed by atoms with Gasteiger partial charge in [0.1, 0.15) is 9.84 Å². The number of sulfone groups is 1. The zero-order valence-corrected chi connectivity index (χ0v) is 12.8. The highest BCUT2D eigenvalue weighted by Gasteiger charge is 2.33. The first-order valence-corrected chi connectivity index (χ1v) is 9.37. The number of aryl methyl sites for hydroxylation is 1. The van der Waals surface area contributed by atoms with Gasteiger partial charge in [0, 0.05) is 12.1 Å². The van der Waals surface area contributed by atoms with Gasteiger partial charge in [-0.1, -0.05) is 29.8 Å². The van der Waals surface area contributed by atoms with Gasteiger partial charge in [-0.3, -0.25) is 0 Å². The van der Waals surface area contributed by atoms with Gasteiger partial charge in [-0.15, -0.1) is 0 Å². The Balaban J connectivity index is 1.46. The Morgan fingerprint density at radius 3 is 2.20 bits per heavy atom. The molecule has 1 aliphatic heterocycles. The summed E-state index contributed by atoms with van der Waals surface area (Å²) in [7, 11) is -2.74. The Morgan fingerprint density at radius 2 is 1.60 bits per heavy atom. The van der Waals surface area contributed by atoms with E-state index in [4.69, 9.17) is 0 Å². The van der Waals surface area contributed by atoms with E-state index in [9.17, 15) is 8.42 Å². The largest absolute Gasteiger partial charge is 0.311 e. The van der Waals surface area contributed by atoms with E-state index < -0.39 is 9.84 Å². The molecule has 0 amide bonds. The molecule has 4 heteroatoms. The van der Waals surface area contributed by atoms with Crippen LogP contribution < -0.4 is 5.32 Å². The molecule has 1 heterocycles. The Bertz CT molecular complexity index is 545. The van der Waals surface area contributed by atoms with Crippen molar-refractivity contribution in [3.8, 4) is 0 Å². The maximum Gasteiger partial charge on any atom is 0.150 e. The molecule has 1 N–H and O–H groups in total. The van der Waals surface area contributed by atoms with E-state index in [-0.39, 0.29) is 0 Å². The van der Waals surface area contributed by atoms with Crippen LogP contribution in [0.1, 0.15) is 42.7 Å². The van der Waals surface area contributed by atoms with Crippen LogP contribution in [0.4, 0.5) is 0 Å². The summed E-state index contributed by atoms with van der Waals surface area (Å²) in [6.07, 6.45) is 3.95. The van der Waals surface area contributed by atoms with Crippen LogP contribution in [0.3, 0.4) is 0 Å². The maximum atomic E-state index is 11.4. The second-order valence-electron chi connectivity index (χ2n) is 6.37. The SMILES string of the molecule is Cc1ccc(C2CC(NC3CCS(=O)(=O)CC3)C2)cc1. The zero-order valence-electron chi connectivity index (χ0n) is 12.0. The second-order valence-corrected chi connectivity index (χ2v) is 8.67. The van der Waals surface area contributed by atoms with E-state index in [0.717, 1.165) is 12.8 Å². The van der Waals surface area contributed by atoms with Crippen molar-refractivity contribution < 1.29 is 8.42 Å². The Morgan fingerprint density at radius 1 is 1.00 bits per heavy atom. The molecule has 0 spiro atoms. The molecule has 0 bridgehead atoms. The summed E-state index contributed by atoms with van der Waals surface area (Å²) < 4.78 is 22.8. The van der Waals surface area contributed by atoms with Crippen molar-refractivity contribution in [2.75, 3.05) is 11.5 Å². The van der Waals surface area contributed by atoms with Crippen molar-refractivity contribution in [2.45, 2.75) is 50.6 Å². The molecular weight excluding hydrogens is 270 g/mol. The number of hydrogen-bond donors (Lipinski definition) is 1. The minimum atomic E-state index is -2.74. The number of benzene rings is 1. The van der Waals surface area contributed by atoms with Crippen LogP contribution >= 0.6 is 0 Å². The molecule has 1 saturated heterocycles. The van der Waals surface area contributed by atoms with Gasteiger partial charge in [-0.25, -0.2) is 8.42 Å². The van der Waals surface area contributed by atoms with Crippen LogP contribution in [0.15, 0.2) is 24.3 Å². The average Bonchev–Trinajstić information content (AvgIpc) is 2.37. The first kappa shape index (κ1) is 14.1. The van der Waals surface area contributed by atoms with Crippen LogP contribution in [-0.4, -0.2) is 32.0 Å². The van der Waals surface area contributed by atoms with Crippen LogP contribution in [-0.2, 0) is 9.84 Å². The lowest BCUT2D eigenvalue weighted by molar-refractivity contribution is 0.257. The fraction of sp³-hybridized carbons (Fsp3) is 0.625. The second kappa shape index (κ2) is 5.49. The summed E-state index contributed by atoms with van der Waals surface area (Å²) >= 11 is 0. The van der Waals surface area contributed by atoms with E-state index in [1.807, 2.05) is 0 Å². The molecule has 20 heavy (non-hydrogen) atoms. The first-order valence-electron chi connectivity index (χ1n) is 7.55. The molecule has 2 fully saturated rings. The third-order valence-electron chi connectivity index (χ3n) is 4.71. The molecule has 110 valence electrons. The van der Waals surface area contributed by atoms with Crippen molar-refractivity contribution in [2.24, 2.45) is 0 Å². The molecule has 1 aromatic rings. The molecule has 0 radical (unpaired) electrons. The molecule has 1 aromatic carbocycles. The van der Waals surface area contributed by atoms with Crippen LogP contribution in [0.2, 0.25) is 0 Å². The topological polar surface area (TPSA) is 46.2 Å². The third-order valence-corrected chi connectivity index (χ3v) is 6.43. The molecule has 0 unspecified atom stereocenters. The summed E-state index contributed by atoms with van der Waals surface area (Å²) in [5.74, 6) is 1.40. The molecular formula is C16H23NO2S.